The molecule has 17 nitrogen and oxygen atoms in total. The van der Waals surface area contributed by atoms with Crippen LogP contribution in [-0.4, -0.2) is 61.9 Å². The van der Waals surface area contributed by atoms with Crippen molar-refractivity contribution >= 4 is 56.7 Å². The van der Waals surface area contributed by atoms with Crippen molar-refractivity contribution in [2.45, 2.75) is 66.0 Å². The van der Waals surface area contributed by atoms with Gasteiger partial charge in [0, 0.05) is 44.3 Å². The molecule has 51 heavy (non-hydrogen) atoms. The quantitative estimate of drug-likeness (QED) is 0.0518. The minimum absolute atomic E-state index is 0.00283. The van der Waals surface area contributed by atoms with Crippen LogP contribution in [0.25, 0.3) is 10.3 Å². The van der Waals surface area contributed by atoms with Gasteiger partial charge in [-0.3, -0.25) is 33.9 Å². The number of fused-ring (bicyclic) bond motifs is 1. The summed E-state index contributed by atoms with van der Waals surface area (Å²) in [6, 6.07) is 3.89. The molecular weight excluding hydrogens is 684 g/mol. The molecule has 0 spiro atoms. The molecule has 4 rings (SSSR count). The molecule has 0 unspecified atom stereocenters. The van der Waals surface area contributed by atoms with E-state index < -0.39 is 39.9 Å². The number of primary amides is 2. The number of anilines is 1. The first kappa shape index (κ1) is 37.9. The van der Waals surface area contributed by atoms with Gasteiger partial charge in [0.1, 0.15) is 11.4 Å². The van der Waals surface area contributed by atoms with Gasteiger partial charge in [-0.25, -0.2) is 9.97 Å². The van der Waals surface area contributed by atoms with Crippen LogP contribution in [0.5, 0.6) is 5.75 Å². The van der Waals surface area contributed by atoms with E-state index in [9.17, 15) is 29.3 Å². The fraction of sp³-hybridized carbons (Fsp3) is 0.364. The molecule has 3 heterocycles. The third-order valence-corrected chi connectivity index (χ3v) is 7.97. The predicted molar refractivity (Wildman–Crippen MR) is 186 cm³/mol. The molecule has 18 heteroatoms. The fourth-order valence-corrected chi connectivity index (χ4v) is 5.79. The second-order valence-corrected chi connectivity index (χ2v) is 13.1. The van der Waals surface area contributed by atoms with Gasteiger partial charge in [-0.1, -0.05) is 30.4 Å². The zero-order chi connectivity index (χ0) is 37.5. The van der Waals surface area contributed by atoms with E-state index >= 15 is 0 Å². The van der Waals surface area contributed by atoms with Crippen molar-refractivity contribution in [3.63, 3.8) is 0 Å². The van der Waals surface area contributed by atoms with E-state index in [0.29, 0.717) is 28.4 Å². The van der Waals surface area contributed by atoms with Crippen LogP contribution in [0.4, 0.5) is 11.4 Å². The lowest BCUT2D eigenvalue weighted by atomic mass is 10.1. The van der Waals surface area contributed by atoms with E-state index in [1.54, 1.807) is 50.5 Å². The van der Waals surface area contributed by atoms with Crippen LogP contribution in [0, 0.1) is 17.0 Å². The van der Waals surface area contributed by atoms with Gasteiger partial charge in [0.05, 0.1) is 27.5 Å². The highest BCUT2D eigenvalue weighted by atomic mass is 32.1. The number of aromatic nitrogens is 3. The van der Waals surface area contributed by atoms with Crippen LogP contribution in [0.3, 0.4) is 0 Å². The van der Waals surface area contributed by atoms with Gasteiger partial charge in [0.15, 0.2) is 22.0 Å². The van der Waals surface area contributed by atoms with E-state index in [4.69, 9.17) is 25.4 Å². The zero-order valence-electron chi connectivity index (χ0n) is 28.7. The minimum Gasteiger partial charge on any atom is -0.491 e. The smallest absolute Gasteiger partial charge is 0.317 e. The van der Waals surface area contributed by atoms with E-state index in [1.807, 2.05) is 6.92 Å². The van der Waals surface area contributed by atoms with Crippen molar-refractivity contribution in [1.82, 2.24) is 14.5 Å². The topological polar surface area (TPSA) is 250 Å². The van der Waals surface area contributed by atoms with E-state index in [0.717, 1.165) is 17.4 Å². The molecule has 3 aromatic heterocycles. The normalized spacial score (nSPS) is 12.0. The molecule has 3 amide bonds. The molecule has 270 valence electrons. The summed E-state index contributed by atoms with van der Waals surface area (Å²) >= 11 is 1.12. The van der Waals surface area contributed by atoms with Crippen molar-refractivity contribution in [3.8, 4) is 5.75 Å². The van der Waals surface area contributed by atoms with Crippen LogP contribution in [0.15, 0.2) is 46.0 Å². The Labute approximate surface area is 295 Å². The molecule has 1 aromatic carbocycles. The van der Waals surface area contributed by atoms with E-state index in [-0.39, 0.29) is 65.7 Å². The molecule has 0 fully saturated rings. The summed E-state index contributed by atoms with van der Waals surface area (Å²) in [7, 11) is 0. The number of carbonyl (C=O) groups is 4. The summed E-state index contributed by atoms with van der Waals surface area (Å²) in [6.45, 7) is 8.93. The first-order valence-electron chi connectivity index (χ1n) is 15.8. The number of carbonyl (C=O) groups excluding carboxylic acids is 4. The number of esters is 1. The maximum Gasteiger partial charge on any atom is 0.317 e. The largest absolute Gasteiger partial charge is 0.491 e. The number of nitro groups is 1. The van der Waals surface area contributed by atoms with Crippen molar-refractivity contribution in [2.75, 3.05) is 18.5 Å². The molecule has 0 aliphatic rings. The summed E-state index contributed by atoms with van der Waals surface area (Å²) in [5, 5.41) is 15.0. The molecule has 0 saturated carbocycles. The number of amides is 3. The third-order valence-electron chi connectivity index (χ3n) is 6.95. The van der Waals surface area contributed by atoms with Gasteiger partial charge in [-0.15, -0.1) is 0 Å². The number of rotatable bonds is 15. The van der Waals surface area contributed by atoms with Crippen LogP contribution in [0.1, 0.15) is 83.4 Å². The van der Waals surface area contributed by atoms with Gasteiger partial charge in [0.2, 0.25) is 17.6 Å². The van der Waals surface area contributed by atoms with Crippen LogP contribution in [0.2, 0.25) is 0 Å². The molecular formula is C33H38N8O9S. The standard InChI is InChI=1S/C33H38N8O9S/c1-6-21-27(49-18(2)38-21)31(45)39-32-40(30-24(51-32)16-20(17-37-30)29(35)44)12-8-7-11-36-26-22(41(46)47)14-19(28(34)43)15-23(26)48-13-9-10-25(42)50-33(3,4)5/h7-8,14-17,36H,6,9-13H2,1-5H3,(H2,34,43)(H2,35,44)/b8-7+,39-32-. The first-order valence-corrected chi connectivity index (χ1v) is 16.6. The number of thiazole rings is 1. The van der Waals surface area contributed by atoms with Gasteiger partial charge in [-0.2, -0.15) is 4.99 Å². The average molecular weight is 723 g/mol. The summed E-state index contributed by atoms with van der Waals surface area (Å²) in [6.07, 6.45) is 5.47. The molecule has 0 aliphatic carbocycles. The molecule has 0 atom stereocenters. The molecule has 0 bridgehead atoms. The van der Waals surface area contributed by atoms with Crippen molar-refractivity contribution in [2.24, 2.45) is 16.5 Å². The maximum absolute atomic E-state index is 13.2. The molecule has 0 radical (unpaired) electrons. The number of benzene rings is 1. The summed E-state index contributed by atoms with van der Waals surface area (Å²) in [4.78, 5) is 73.5. The van der Waals surface area contributed by atoms with Crippen LogP contribution < -0.4 is 26.3 Å². The number of nitrogens with one attached hydrogen (secondary N) is 1. The predicted octanol–water partition coefficient (Wildman–Crippen LogP) is 3.97. The maximum atomic E-state index is 13.2. The number of pyridine rings is 1. The van der Waals surface area contributed by atoms with Crippen LogP contribution >= 0.6 is 11.3 Å². The Kier molecular flexibility index (Phi) is 12.0. The highest BCUT2D eigenvalue weighted by Gasteiger charge is 2.23. The number of nitrogens with zero attached hydrogens (tertiary/aromatic N) is 5. The molecule has 5 N–H and O–H groups in total. The Bertz CT molecular complexity index is 2090. The number of hydrogen-bond donors (Lipinski definition) is 3. The number of allylic oxidation sites excluding steroid dienone is 1. The highest BCUT2D eigenvalue weighted by Crippen LogP contribution is 2.36. The number of nitrogens with two attached hydrogens (primary N) is 2. The third kappa shape index (κ3) is 9.84. The first-order chi connectivity index (χ1) is 24.1. The van der Waals surface area contributed by atoms with Gasteiger partial charge >= 0.3 is 11.9 Å². The number of hydrogen-bond acceptors (Lipinski definition) is 13. The lowest BCUT2D eigenvalue weighted by molar-refractivity contribution is -0.384. The monoisotopic (exact) mass is 722 g/mol. The molecule has 0 aliphatic heterocycles. The highest BCUT2D eigenvalue weighted by molar-refractivity contribution is 7.16. The van der Waals surface area contributed by atoms with Crippen molar-refractivity contribution in [3.05, 3.63) is 79.9 Å². The van der Waals surface area contributed by atoms with Gasteiger partial charge < -0.3 is 30.7 Å². The number of oxazole rings is 1. The minimum atomic E-state index is -0.885. The van der Waals surface area contributed by atoms with Crippen LogP contribution in [-0.2, 0) is 22.5 Å². The number of aryl methyl sites for hydroxylation is 2. The van der Waals surface area contributed by atoms with Crippen molar-refractivity contribution in [1.29, 1.82) is 0 Å². The van der Waals surface area contributed by atoms with E-state index in [1.165, 1.54) is 12.3 Å². The second-order valence-electron chi connectivity index (χ2n) is 12.1. The zero-order valence-corrected chi connectivity index (χ0v) is 29.5. The summed E-state index contributed by atoms with van der Waals surface area (Å²) in [5.74, 6) is -2.27. The molecule has 0 saturated heterocycles. The lowest BCUT2D eigenvalue weighted by Crippen LogP contribution is -2.24. The average Bonchev–Trinajstić information content (AvgIpc) is 3.60. The fourth-order valence-electron chi connectivity index (χ4n) is 4.75. The Morgan fingerprint density at radius 3 is 2.51 bits per heavy atom. The Balaban J connectivity index is 1.58. The SMILES string of the molecule is CCc1nc(C)oc1C(=O)/N=c1\sc2cc(C(N)=O)cnc2n1C/C=C/CNc1c(OCCCC(=O)OC(C)(C)C)cc(C(N)=O)cc1[N+](=O)[O-]. The summed E-state index contributed by atoms with van der Waals surface area (Å²) < 4.78 is 18.8. The van der Waals surface area contributed by atoms with Gasteiger partial charge in [-0.05, 0) is 45.7 Å². The second kappa shape index (κ2) is 16.2. The van der Waals surface area contributed by atoms with Gasteiger partial charge in [0.25, 0.3) is 5.69 Å². The number of ether oxygens (including phenoxy) is 2. The van der Waals surface area contributed by atoms with Crippen molar-refractivity contribution < 1.29 is 38.0 Å². The Morgan fingerprint density at radius 2 is 1.86 bits per heavy atom. The Hall–Kier alpha value is -5.91. The summed E-state index contributed by atoms with van der Waals surface area (Å²) in [5.41, 5.74) is 10.7. The lowest BCUT2D eigenvalue weighted by Gasteiger charge is -2.19. The number of nitro benzene ring substituents is 1. The molecule has 4 aromatic rings. The Morgan fingerprint density at radius 1 is 1.14 bits per heavy atom. The van der Waals surface area contributed by atoms with E-state index in [2.05, 4.69) is 20.3 Å².